The Morgan fingerprint density at radius 3 is 2.72 bits per heavy atom. The number of fused-ring (bicyclic) bond motifs is 1. The molecule has 25 heavy (non-hydrogen) atoms. The molecule has 2 aliphatic heterocycles. The molecule has 0 spiro atoms. The standard InChI is InChI=1S/C18H23N3O3S/c1-12-4-6-13(7-5-12)19-15(22)10-20(3)17(24)14-11-25-18(2)9-8-16(23)21(14)18/h4-7,14H,8-11H2,1-3H3,(H,19,22)/t14-,18+/m1/s1. The van der Waals surface area contributed by atoms with E-state index in [-0.39, 0.29) is 29.1 Å². The van der Waals surface area contributed by atoms with Crippen molar-refractivity contribution in [2.45, 2.75) is 37.6 Å². The van der Waals surface area contributed by atoms with Gasteiger partial charge in [-0.2, -0.15) is 0 Å². The highest BCUT2D eigenvalue weighted by Crippen LogP contribution is 2.47. The maximum atomic E-state index is 12.7. The minimum atomic E-state index is -0.470. The predicted molar refractivity (Wildman–Crippen MR) is 98.2 cm³/mol. The van der Waals surface area contributed by atoms with Crippen molar-refractivity contribution in [1.82, 2.24) is 9.80 Å². The lowest BCUT2D eigenvalue weighted by molar-refractivity contribution is -0.143. The van der Waals surface area contributed by atoms with Crippen LogP contribution in [0.15, 0.2) is 24.3 Å². The van der Waals surface area contributed by atoms with E-state index in [1.54, 1.807) is 23.7 Å². The zero-order chi connectivity index (χ0) is 18.2. The van der Waals surface area contributed by atoms with Gasteiger partial charge in [0.15, 0.2) is 0 Å². The number of nitrogens with one attached hydrogen (secondary N) is 1. The lowest BCUT2D eigenvalue weighted by Crippen LogP contribution is -2.51. The van der Waals surface area contributed by atoms with Gasteiger partial charge in [-0.1, -0.05) is 17.7 Å². The van der Waals surface area contributed by atoms with Gasteiger partial charge in [0.25, 0.3) is 0 Å². The molecule has 6 nitrogen and oxygen atoms in total. The summed E-state index contributed by atoms with van der Waals surface area (Å²) < 4.78 is 0. The van der Waals surface area contributed by atoms with Crippen LogP contribution < -0.4 is 5.32 Å². The number of benzene rings is 1. The largest absolute Gasteiger partial charge is 0.335 e. The third-order valence-electron chi connectivity index (χ3n) is 4.82. The van der Waals surface area contributed by atoms with Gasteiger partial charge in [0.2, 0.25) is 17.7 Å². The fourth-order valence-electron chi connectivity index (χ4n) is 3.39. The summed E-state index contributed by atoms with van der Waals surface area (Å²) in [4.78, 5) is 39.9. The van der Waals surface area contributed by atoms with Crippen molar-refractivity contribution in [3.63, 3.8) is 0 Å². The molecule has 7 heteroatoms. The molecule has 1 N–H and O–H groups in total. The van der Waals surface area contributed by atoms with E-state index in [2.05, 4.69) is 5.32 Å². The van der Waals surface area contributed by atoms with Gasteiger partial charge >= 0.3 is 0 Å². The summed E-state index contributed by atoms with van der Waals surface area (Å²) in [7, 11) is 1.61. The number of rotatable bonds is 4. The number of thioether (sulfide) groups is 1. The summed E-state index contributed by atoms with van der Waals surface area (Å²) in [6, 6.07) is 7.02. The summed E-state index contributed by atoms with van der Waals surface area (Å²) in [5, 5.41) is 2.79. The molecular formula is C18H23N3O3S. The van der Waals surface area contributed by atoms with Gasteiger partial charge in [-0.05, 0) is 32.4 Å². The Bertz CT molecular complexity index is 706. The molecule has 134 valence electrons. The number of amides is 3. The number of hydrogen-bond donors (Lipinski definition) is 1. The van der Waals surface area contributed by atoms with E-state index in [0.29, 0.717) is 17.9 Å². The molecule has 1 aromatic carbocycles. The molecule has 0 saturated carbocycles. The number of nitrogens with zero attached hydrogens (tertiary/aromatic N) is 2. The smallest absolute Gasteiger partial charge is 0.246 e. The molecule has 3 amide bonds. The van der Waals surface area contributed by atoms with Crippen molar-refractivity contribution in [1.29, 1.82) is 0 Å². The number of carbonyl (C=O) groups is 3. The molecule has 2 atom stereocenters. The number of carbonyl (C=O) groups excluding carboxylic acids is 3. The molecule has 2 fully saturated rings. The molecule has 0 radical (unpaired) electrons. The van der Waals surface area contributed by atoms with Crippen molar-refractivity contribution in [3.8, 4) is 0 Å². The van der Waals surface area contributed by atoms with Crippen LogP contribution in [0.5, 0.6) is 0 Å². The summed E-state index contributed by atoms with van der Waals surface area (Å²) in [5.41, 5.74) is 1.82. The Morgan fingerprint density at radius 2 is 2.04 bits per heavy atom. The average molecular weight is 361 g/mol. The van der Waals surface area contributed by atoms with E-state index in [1.807, 2.05) is 38.1 Å². The van der Waals surface area contributed by atoms with Gasteiger partial charge in [-0.15, -0.1) is 11.8 Å². The Kier molecular flexibility index (Phi) is 4.77. The van der Waals surface area contributed by atoms with Crippen molar-refractivity contribution in [2.24, 2.45) is 0 Å². The van der Waals surface area contributed by atoms with Crippen LogP contribution in [0.3, 0.4) is 0 Å². The average Bonchev–Trinajstić information content (AvgIpc) is 3.05. The normalized spacial score (nSPS) is 25.0. The molecule has 2 saturated heterocycles. The van der Waals surface area contributed by atoms with E-state index < -0.39 is 6.04 Å². The Labute approximate surface area is 151 Å². The number of hydrogen-bond acceptors (Lipinski definition) is 4. The van der Waals surface area contributed by atoms with Gasteiger partial charge in [-0.3, -0.25) is 14.4 Å². The first-order valence-corrected chi connectivity index (χ1v) is 9.36. The summed E-state index contributed by atoms with van der Waals surface area (Å²) >= 11 is 1.65. The van der Waals surface area contributed by atoms with Crippen LogP contribution in [0.1, 0.15) is 25.3 Å². The van der Waals surface area contributed by atoms with Crippen LogP contribution in [-0.2, 0) is 14.4 Å². The van der Waals surface area contributed by atoms with Gasteiger partial charge in [0, 0.05) is 24.9 Å². The second-order valence-electron chi connectivity index (χ2n) is 6.87. The molecule has 3 rings (SSSR count). The van der Waals surface area contributed by atoms with E-state index in [1.165, 1.54) is 4.90 Å². The van der Waals surface area contributed by atoms with Crippen molar-refractivity contribution in [3.05, 3.63) is 29.8 Å². The first-order chi connectivity index (χ1) is 11.8. The van der Waals surface area contributed by atoms with E-state index in [4.69, 9.17) is 0 Å². The second kappa shape index (κ2) is 6.71. The first-order valence-electron chi connectivity index (χ1n) is 8.38. The zero-order valence-electron chi connectivity index (χ0n) is 14.7. The van der Waals surface area contributed by atoms with Crippen LogP contribution in [0, 0.1) is 6.92 Å². The SMILES string of the molecule is Cc1ccc(NC(=O)CN(C)C(=O)[C@H]2CS[C@@]3(C)CCC(=O)N23)cc1. The minimum Gasteiger partial charge on any atom is -0.335 e. The summed E-state index contributed by atoms with van der Waals surface area (Å²) in [5.74, 6) is 0.195. The third kappa shape index (κ3) is 3.51. The summed E-state index contributed by atoms with van der Waals surface area (Å²) in [6.45, 7) is 3.96. The number of aryl methyl sites for hydroxylation is 1. The minimum absolute atomic E-state index is 0.0309. The summed E-state index contributed by atoms with van der Waals surface area (Å²) in [6.07, 6.45) is 1.27. The zero-order valence-corrected chi connectivity index (χ0v) is 15.6. The number of anilines is 1. The van der Waals surface area contributed by atoms with E-state index in [9.17, 15) is 14.4 Å². The molecular weight excluding hydrogens is 338 g/mol. The number of likely N-dealkylation sites (N-methyl/N-ethyl adjacent to an activating group) is 1. The molecule has 0 aliphatic carbocycles. The highest BCUT2D eigenvalue weighted by Gasteiger charge is 2.53. The molecule has 0 aromatic heterocycles. The molecule has 1 aromatic rings. The van der Waals surface area contributed by atoms with E-state index in [0.717, 1.165) is 12.0 Å². The van der Waals surface area contributed by atoms with Crippen molar-refractivity contribution >= 4 is 35.2 Å². The lowest BCUT2D eigenvalue weighted by Gasteiger charge is -2.31. The predicted octanol–water partition coefficient (Wildman–Crippen LogP) is 1.85. The van der Waals surface area contributed by atoms with Gasteiger partial charge in [-0.25, -0.2) is 0 Å². The van der Waals surface area contributed by atoms with Crippen LogP contribution in [0.2, 0.25) is 0 Å². The molecule has 2 heterocycles. The lowest BCUT2D eigenvalue weighted by atomic mass is 10.2. The maximum Gasteiger partial charge on any atom is 0.246 e. The Balaban J connectivity index is 1.60. The van der Waals surface area contributed by atoms with Gasteiger partial charge in [0.05, 0.1) is 11.4 Å². The topological polar surface area (TPSA) is 69.7 Å². The van der Waals surface area contributed by atoms with Crippen LogP contribution in [0.25, 0.3) is 0 Å². The monoisotopic (exact) mass is 361 g/mol. The van der Waals surface area contributed by atoms with Gasteiger partial charge in [0.1, 0.15) is 6.04 Å². The molecule has 2 aliphatic rings. The second-order valence-corrected chi connectivity index (χ2v) is 8.38. The van der Waals surface area contributed by atoms with Crippen LogP contribution in [-0.4, -0.2) is 57.8 Å². The van der Waals surface area contributed by atoms with Gasteiger partial charge < -0.3 is 15.1 Å². The third-order valence-corrected chi connectivity index (χ3v) is 6.33. The quantitative estimate of drug-likeness (QED) is 0.889. The van der Waals surface area contributed by atoms with E-state index >= 15 is 0 Å². The van der Waals surface area contributed by atoms with Crippen LogP contribution >= 0.6 is 11.8 Å². The fourth-order valence-corrected chi connectivity index (χ4v) is 4.81. The first kappa shape index (κ1) is 17.8. The van der Waals surface area contributed by atoms with Crippen molar-refractivity contribution in [2.75, 3.05) is 24.7 Å². The maximum absolute atomic E-state index is 12.7. The van der Waals surface area contributed by atoms with Crippen molar-refractivity contribution < 1.29 is 14.4 Å². The Hall–Kier alpha value is -2.02. The molecule has 0 unspecified atom stereocenters. The highest BCUT2D eigenvalue weighted by atomic mass is 32.2. The van der Waals surface area contributed by atoms with Crippen LogP contribution in [0.4, 0.5) is 5.69 Å². The highest BCUT2D eigenvalue weighted by molar-refractivity contribution is 8.01. The fraction of sp³-hybridized carbons (Fsp3) is 0.500. The Morgan fingerprint density at radius 1 is 1.36 bits per heavy atom. The molecule has 0 bridgehead atoms.